The van der Waals surface area contributed by atoms with Crippen LogP contribution in [0.3, 0.4) is 0 Å². The Morgan fingerprint density at radius 3 is 2.68 bits per heavy atom. The number of likely N-dealkylation sites (tertiary alicyclic amines) is 2. The molecule has 2 aliphatic rings. The second-order valence-electron chi connectivity index (χ2n) is 7.99. The number of aryl methyl sites for hydroxylation is 1. The smallest absolute Gasteiger partial charge is 0.255 e. The van der Waals surface area contributed by atoms with E-state index in [1.54, 1.807) is 24.5 Å². The Balaban J connectivity index is 1.59. The van der Waals surface area contributed by atoms with Gasteiger partial charge in [0, 0.05) is 26.2 Å². The molecule has 0 aromatic carbocycles. The molecule has 2 saturated heterocycles. The van der Waals surface area contributed by atoms with Crippen LogP contribution in [0, 0.1) is 6.92 Å². The summed E-state index contributed by atoms with van der Waals surface area (Å²) in [6, 6.07) is 3.83. The summed E-state index contributed by atoms with van der Waals surface area (Å²) in [7, 11) is 0. The molecule has 0 N–H and O–H groups in total. The van der Waals surface area contributed by atoms with Gasteiger partial charge in [-0.3, -0.25) is 14.6 Å². The van der Waals surface area contributed by atoms with Crippen LogP contribution in [-0.4, -0.2) is 56.3 Å². The molecule has 2 aliphatic heterocycles. The molecule has 2 atom stereocenters. The van der Waals surface area contributed by atoms with Gasteiger partial charge >= 0.3 is 0 Å². The van der Waals surface area contributed by atoms with Gasteiger partial charge in [-0.25, -0.2) is 4.98 Å². The maximum atomic E-state index is 13.3. The average molecular weight is 399 g/mol. The van der Waals surface area contributed by atoms with Gasteiger partial charge in [-0.2, -0.15) is 0 Å². The van der Waals surface area contributed by atoms with E-state index in [1.807, 2.05) is 34.4 Å². The first-order chi connectivity index (χ1) is 13.4. The van der Waals surface area contributed by atoms with Crippen LogP contribution in [-0.2, 0) is 4.79 Å². The van der Waals surface area contributed by atoms with Crippen molar-refractivity contribution in [3.8, 4) is 10.6 Å². The van der Waals surface area contributed by atoms with Gasteiger partial charge < -0.3 is 9.80 Å². The molecule has 0 radical (unpaired) electrons. The first-order valence-electron chi connectivity index (χ1n) is 9.87. The van der Waals surface area contributed by atoms with E-state index in [0.29, 0.717) is 5.56 Å². The zero-order valence-corrected chi connectivity index (χ0v) is 17.5. The number of carbonyl (C=O) groups excluding carboxylic acids is 2. The second-order valence-corrected chi connectivity index (χ2v) is 8.84. The standard InChI is InChI=1S/C21H26N4O2S/c1-14-19(28-13-23-14)17-8-7-16(12-22-17)20(27)24-10-5-9-21(3)18(24)6-4-11-25(21)15(2)26/h7-8,12-13,18H,4-6,9-11H2,1-3H3/t18-,21-/m0/s1. The Morgan fingerprint density at radius 2 is 2.04 bits per heavy atom. The molecule has 0 unspecified atom stereocenters. The van der Waals surface area contributed by atoms with Crippen molar-refractivity contribution in [1.82, 2.24) is 19.8 Å². The first-order valence-corrected chi connectivity index (χ1v) is 10.8. The lowest BCUT2D eigenvalue weighted by molar-refractivity contribution is -0.143. The summed E-state index contributed by atoms with van der Waals surface area (Å²) in [5, 5.41) is 0. The molecule has 28 heavy (non-hydrogen) atoms. The average Bonchev–Trinajstić information content (AvgIpc) is 3.11. The number of hydrogen-bond acceptors (Lipinski definition) is 5. The molecule has 4 rings (SSSR count). The van der Waals surface area contributed by atoms with Crippen molar-refractivity contribution in [3.05, 3.63) is 35.1 Å². The highest BCUT2D eigenvalue weighted by atomic mass is 32.1. The number of pyridine rings is 1. The number of aromatic nitrogens is 2. The Labute approximate surface area is 169 Å². The van der Waals surface area contributed by atoms with Gasteiger partial charge in [-0.15, -0.1) is 11.3 Å². The highest BCUT2D eigenvalue weighted by Crippen LogP contribution is 2.39. The lowest BCUT2D eigenvalue weighted by atomic mass is 9.76. The SMILES string of the molecule is CC(=O)N1CCC[C@@H]2N(C(=O)c3ccc(-c4scnc4C)nc3)CCC[C@@]21C. The molecule has 0 saturated carbocycles. The molecule has 6 nitrogen and oxygen atoms in total. The first kappa shape index (κ1) is 19.1. The molecular formula is C21H26N4O2S. The van der Waals surface area contributed by atoms with E-state index in [1.165, 1.54) is 0 Å². The normalized spacial score (nSPS) is 24.8. The Hall–Kier alpha value is -2.28. The van der Waals surface area contributed by atoms with Crippen molar-refractivity contribution < 1.29 is 9.59 Å². The molecule has 2 amide bonds. The summed E-state index contributed by atoms with van der Waals surface area (Å²) >= 11 is 1.56. The molecule has 4 heterocycles. The minimum atomic E-state index is -0.273. The Morgan fingerprint density at radius 1 is 1.21 bits per heavy atom. The third kappa shape index (κ3) is 3.11. The molecular weight excluding hydrogens is 372 g/mol. The van der Waals surface area contributed by atoms with E-state index in [-0.39, 0.29) is 23.4 Å². The summed E-state index contributed by atoms with van der Waals surface area (Å²) in [4.78, 5) is 39.3. The van der Waals surface area contributed by atoms with Crippen LogP contribution in [0.25, 0.3) is 10.6 Å². The third-order valence-electron chi connectivity index (χ3n) is 6.28. The van der Waals surface area contributed by atoms with Crippen LogP contribution in [0.15, 0.2) is 23.8 Å². The fourth-order valence-electron chi connectivity index (χ4n) is 4.87. The van der Waals surface area contributed by atoms with E-state index in [4.69, 9.17) is 0 Å². The predicted octanol–water partition coefficient (Wildman–Crippen LogP) is 3.52. The van der Waals surface area contributed by atoms with E-state index in [0.717, 1.165) is 55.0 Å². The van der Waals surface area contributed by atoms with Crippen LogP contribution in [0.4, 0.5) is 0 Å². The number of piperidine rings is 2. The molecule has 148 valence electrons. The second kappa shape index (κ2) is 7.28. The molecule has 2 aromatic heterocycles. The highest BCUT2D eigenvalue weighted by molar-refractivity contribution is 7.13. The van der Waals surface area contributed by atoms with Crippen LogP contribution in [0.5, 0.6) is 0 Å². The molecule has 7 heteroatoms. The lowest BCUT2D eigenvalue weighted by Crippen LogP contribution is -2.67. The van der Waals surface area contributed by atoms with E-state index < -0.39 is 0 Å². The van der Waals surface area contributed by atoms with Crippen molar-refractivity contribution in [2.24, 2.45) is 0 Å². The maximum Gasteiger partial charge on any atom is 0.255 e. The van der Waals surface area contributed by atoms with Crippen molar-refractivity contribution in [1.29, 1.82) is 0 Å². The fourth-order valence-corrected chi connectivity index (χ4v) is 5.65. The summed E-state index contributed by atoms with van der Waals surface area (Å²) in [6.45, 7) is 7.27. The third-order valence-corrected chi connectivity index (χ3v) is 7.23. The van der Waals surface area contributed by atoms with Crippen LogP contribution in [0.2, 0.25) is 0 Å². The number of amides is 2. The monoisotopic (exact) mass is 398 g/mol. The molecule has 0 spiro atoms. The lowest BCUT2D eigenvalue weighted by Gasteiger charge is -2.56. The summed E-state index contributed by atoms with van der Waals surface area (Å²) in [6.07, 6.45) is 5.41. The number of nitrogens with zero attached hydrogens (tertiary/aromatic N) is 4. The number of fused-ring (bicyclic) bond motifs is 1. The van der Waals surface area contributed by atoms with Gasteiger partial charge in [-0.05, 0) is 51.7 Å². The quantitative estimate of drug-likeness (QED) is 0.776. The summed E-state index contributed by atoms with van der Waals surface area (Å²) in [5.74, 6) is 0.119. The fraction of sp³-hybridized carbons (Fsp3) is 0.524. The van der Waals surface area contributed by atoms with Crippen molar-refractivity contribution in [2.45, 2.75) is 58.0 Å². The van der Waals surface area contributed by atoms with Crippen LogP contribution >= 0.6 is 11.3 Å². The number of carbonyl (C=O) groups is 2. The largest absolute Gasteiger partial charge is 0.335 e. The van der Waals surface area contributed by atoms with Crippen LogP contribution in [0.1, 0.15) is 55.6 Å². The highest BCUT2D eigenvalue weighted by Gasteiger charge is 2.49. The van der Waals surface area contributed by atoms with Gasteiger partial charge in [-0.1, -0.05) is 0 Å². The van der Waals surface area contributed by atoms with Crippen molar-refractivity contribution in [3.63, 3.8) is 0 Å². The van der Waals surface area contributed by atoms with Gasteiger partial charge in [0.25, 0.3) is 5.91 Å². The minimum absolute atomic E-state index is 0.0152. The summed E-state index contributed by atoms with van der Waals surface area (Å²) < 4.78 is 0. The minimum Gasteiger partial charge on any atom is -0.335 e. The maximum absolute atomic E-state index is 13.3. The van der Waals surface area contributed by atoms with E-state index in [2.05, 4.69) is 16.9 Å². The van der Waals surface area contributed by atoms with Gasteiger partial charge in [0.1, 0.15) is 0 Å². The molecule has 2 fully saturated rings. The zero-order valence-electron chi connectivity index (χ0n) is 16.6. The van der Waals surface area contributed by atoms with Gasteiger partial charge in [0.2, 0.25) is 5.91 Å². The van der Waals surface area contributed by atoms with Gasteiger partial charge in [0.15, 0.2) is 0 Å². The molecule has 0 aliphatic carbocycles. The van der Waals surface area contributed by atoms with Gasteiger partial charge in [0.05, 0.1) is 38.9 Å². The Bertz CT molecular complexity index is 894. The summed E-state index contributed by atoms with van der Waals surface area (Å²) in [5.41, 5.74) is 3.94. The Kier molecular flexibility index (Phi) is 4.95. The predicted molar refractivity (Wildman–Crippen MR) is 109 cm³/mol. The van der Waals surface area contributed by atoms with Crippen molar-refractivity contribution in [2.75, 3.05) is 13.1 Å². The molecule has 2 aromatic rings. The molecule has 0 bridgehead atoms. The zero-order chi connectivity index (χ0) is 19.9. The topological polar surface area (TPSA) is 66.4 Å². The number of hydrogen-bond donors (Lipinski definition) is 0. The number of rotatable bonds is 2. The number of thiazole rings is 1. The van der Waals surface area contributed by atoms with Crippen molar-refractivity contribution >= 4 is 23.2 Å². The van der Waals surface area contributed by atoms with Crippen LogP contribution < -0.4 is 0 Å². The van der Waals surface area contributed by atoms with E-state index in [9.17, 15) is 9.59 Å². The van der Waals surface area contributed by atoms with E-state index >= 15 is 0 Å².